The Balaban J connectivity index is 1.84. The number of hydrogen-bond acceptors (Lipinski definition) is 6. The summed E-state index contributed by atoms with van der Waals surface area (Å²) in [4.78, 5) is 25.8. The average Bonchev–Trinajstić information content (AvgIpc) is 3.10. The summed E-state index contributed by atoms with van der Waals surface area (Å²) in [5.41, 5.74) is 5.22. The quantitative estimate of drug-likeness (QED) is 0.544. The van der Waals surface area contributed by atoms with Crippen LogP contribution in [0.4, 0.5) is 30.6 Å². The van der Waals surface area contributed by atoms with Gasteiger partial charge in [-0.15, -0.1) is 0 Å². The maximum atomic E-state index is 13.0. The molecule has 0 saturated carbocycles. The molecule has 1 atom stereocenters. The zero-order chi connectivity index (χ0) is 20.8. The molecule has 0 aliphatic carbocycles. The van der Waals surface area contributed by atoms with Crippen LogP contribution in [0.5, 0.6) is 0 Å². The van der Waals surface area contributed by atoms with Crippen LogP contribution in [-0.2, 0) is 6.18 Å². The van der Waals surface area contributed by atoms with Crippen molar-refractivity contribution in [1.82, 2.24) is 15.0 Å². The molecule has 0 bridgehead atoms. The van der Waals surface area contributed by atoms with Crippen LogP contribution in [0.25, 0.3) is 10.9 Å². The Morgan fingerprint density at radius 3 is 2.79 bits per heavy atom. The van der Waals surface area contributed by atoms with Gasteiger partial charge >= 0.3 is 6.18 Å². The number of hydrogen-bond donors (Lipinski definition) is 3. The largest absolute Gasteiger partial charge is 0.416 e. The number of nitrogens with two attached hydrogens (primary N) is 1. The highest BCUT2D eigenvalue weighted by molar-refractivity contribution is 9.10. The van der Waals surface area contributed by atoms with E-state index < -0.39 is 17.3 Å². The van der Waals surface area contributed by atoms with E-state index in [1.54, 1.807) is 0 Å². The van der Waals surface area contributed by atoms with Crippen molar-refractivity contribution >= 4 is 44.3 Å². The Morgan fingerprint density at radius 2 is 2.10 bits per heavy atom. The lowest BCUT2D eigenvalue weighted by molar-refractivity contribution is -0.137. The molecule has 29 heavy (non-hydrogen) atoms. The van der Waals surface area contributed by atoms with Gasteiger partial charge in [0.05, 0.1) is 15.6 Å². The summed E-state index contributed by atoms with van der Waals surface area (Å²) in [6.45, 7) is 1.20. The van der Waals surface area contributed by atoms with Crippen molar-refractivity contribution in [2.45, 2.75) is 18.6 Å². The minimum atomic E-state index is -4.48. The van der Waals surface area contributed by atoms with Gasteiger partial charge in [-0.2, -0.15) is 18.2 Å². The Kier molecular flexibility index (Phi) is 4.95. The molecule has 3 aromatic rings. The number of nitrogens with one attached hydrogen (secondary N) is 2. The molecule has 7 nitrogen and oxygen atoms in total. The molecule has 11 heteroatoms. The van der Waals surface area contributed by atoms with Gasteiger partial charge in [-0.05, 0) is 40.5 Å². The SMILES string of the molecule is NC1CCN(c2nc(Nc3cccc(C(F)(F)F)c3)c3c(=O)[nH]cc(Br)c3n2)C1. The molecule has 0 spiro atoms. The summed E-state index contributed by atoms with van der Waals surface area (Å²) in [7, 11) is 0. The van der Waals surface area contributed by atoms with Gasteiger partial charge in [0.1, 0.15) is 11.2 Å². The topological polar surface area (TPSA) is 99.9 Å². The molecule has 3 heterocycles. The average molecular weight is 469 g/mol. The molecule has 1 fully saturated rings. The first-order valence-electron chi connectivity index (χ1n) is 8.76. The van der Waals surface area contributed by atoms with Crippen molar-refractivity contribution in [2.75, 3.05) is 23.3 Å². The molecule has 1 aliphatic rings. The van der Waals surface area contributed by atoms with Crippen molar-refractivity contribution in [3.63, 3.8) is 0 Å². The molecule has 1 saturated heterocycles. The zero-order valence-electron chi connectivity index (χ0n) is 14.9. The minimum Gasteiger partial charge on any atom is -0.339 e. The molecule has 1 aliphatic heterocycles. The first-order valence-corrected chi connectivity index (χ1v) is 9.55. The van der Waals surface area contributed by atoms with E-state index in [0.717, 1.165) is 18.6 Å². The molecular weight excluding hydrogens is 453 g/mol. The van der Waals surface area contributed by atoms with Crippen molar-refractivity contribution < 1.29 is 13.2 Å². The van der Waals surface area contributed by atoms with E-state index in [-0.39, 0.29) is 22.9 Å². The Hall–Kier alpha value is -2.66. The van der Waals surface area contributed by atoms with Crippen LogP contribution in [0.2, 0.25) is 0 Å². The van der Waals surface area contributed by atoms with Crippen molar-refractivity contribution in [3.8, 4) is 0 Å². The highest BCUT2D eigenvalue weighted by Gasteiger charge is 2.30. The van der Waals surface area contributed by atoms with E-state index in [4.69, 9.17) is 5.73 Å². The fraction of sp³-hybridized carbons (Fsp3) is 0.278. The molecule has 4 rings (SSSR count). The van der Waals surface area contributed by atoms with Crippen LogP contribution in [0, 0.1) is 0 Å². The third-order valence-electron chi connectivity index (χ3n) is 4.64. The molecule has 1 unspecified atom stereocenters. The number of nitrogens with zero attached hydrogens (tertiary/aromatic N) is 3. The van der Waals surface area contributed by atoms with Crippen LogP contribution < -0.4 is 21.5 Å². The van der Waals surface area contributed by atoms with Gasteiger partial charge < -0.3 is 20.9 Å². The molecule has 2 aromatic heterocycles. The Morgan fingerprint density at radius 1 is 1.31 bits per heavy atom. The first-order chi connectivity index (χ1) is 13.7. The molecule has 0 radical (unpaired) electrons. The van der Waals surface area contributed by atoms with E-state index in [2.05, 4.69) is 36.2 Å². The predicted molar refractivity (Wildman–Crippen MR) is 107 cm³/mol. The maximum Gasteiger partial charge on any atom is 0.416 e. The van der Waals surface area contributed by atoms with E-state index in [9.17, 15) is 18.0 Å². The summed E-state index contributed by atoms with van der Waals surface area (Å²) in [6, 6.07) is 4.68. The molecule has 152 valence electrons. The van der Waals surface area contributed by atoms with Gasteiger partial charge in [0.2, 0.25) is 5.95 Å². The van der Waals surface area contributed by atoms with Gasteiger partial charge in [0, 0.05) is 31.0 Å². The smallest absolute Gasteiger partial charge is 0.339 e. The van der Waals surface area contributed by atoms with Gasteiger partial charge in [-0.25, -0.2) is 4.98 Å². The minimum absolute atomic E-state index is 0.0169. The summed E-state index contributed by atoms with van der Waals surface area (Å²) in [5, 5.41) is 3.00. The number of alkyl halides is 3. The highest BCUT2D eigenvalue weighted by atomic mass is 79.9. The monoisotopic (exact) mass is 468 g/mol. The summed E-state index contributed by atoms with van der Waals surface area (Å²) >= 11 is 3.36. The second kappa shape index (κ2) is 7.30. The van der Waals surface area contributed by atoms with E-state index in [1.807, 2.05) is 4.90 Å². The normalized spacial score (nSPS) is 17.1. The lowest BCUT2D eigenvalue weighted by atomic mass is 10.2. The standard InChI is InChI=1S/C18H16BrF3N6O/c19-12-7-24-16(29)13-14(12)26-17(28-5-4-10(23)8-28)27-15(13)25-11-3-1-2-9(6-11)18(20,21)22/h1-3,6-7,10H,4-5,8,23H2,(H,24,29)(H,25,26,27). The molecule has 1 aromatic carbocycles. The number of fused-ring (bicyclic) bond motifs is 1. The lowest BCUT2D eigenvalue weighted by Gasteiger charge is -2.18. The third kappa shape index (κ3) is 3.92. The molecular formula is C18H16BrF3N6O. The van der Waals surface area contributed by atoms with Crippen LogP contribution >= 0.6 is 15.9 Å². The maximum absolute atomic E-state index is 13.0. The second-order valence-electron chi connectivity index (χ2n) is 6.76. The molecule has 0 amide bonds. The van der Waals surface area contributed by atoms with Crippen molar-refractivity contribution in [3.05, 3.63) is 50.9 Å². The summed E-state index contributed by atoms with van der Waals surface area (Å²) in [5.74, 6) is 0.471. The number of pyridine rings is 1. The first kappa shape index (κ1) is 19.6. The number of rotatable bonds is 3. The predicted octanol–water partition coefficient (Wildman–Crippen LogP) is 3.38. The third-order valence-corrected chi connectivity index (χ3v) is 5.25. The van der Waals surface area contributed by atoms with Crippen molar-refractivity contribution in [2.24, 2.45) is 5.73 Å². The highest BCUT2D eigenvalue weighted by Crippen LogP contribution is 2.33. The van der Waals surface area contributed by atoms with Crippen LogP contribution in [0.1, 0.15) is 12.0 Å². The van der Waals surface area contributed by atoms with Gasteiger partial charge in [0.25, 0.3) is 5.56 Å². The summed E-state index contributed by atoms with van der Waals surface area (Å²) in [6.07, 6.45) is -2.25. The number of anilines is 3. The van der Waals surface area contributed by atoms with Crippen molar-refractivity contribution in [1.29, 1.82) is 0 Å². The number of halogens is 4. The lowest BCUT2D eigenvalue weighted by Crippen LogP contribution is -2.28. The number of aromatic nitrogens is 3. The fourth-order valence-corrected chi connectivity index (χ4v) is 3.62. The summed E-state index contributed by atoms with van der Waals surface area (Å²) < 4.78 is 39.7. The fourth-order valence-electron chi connectivity index (χ4n) is 3.22. The second-order valence-corrected chi connectivity index (χ2v) is 7.61. The van der Waals surface area contributed by atoms with Crippen LogP contribution in [0.3, 0.4) is 0 Å². The Bertz CT molecular complexity index is 1130. The van der Waals surface area contributed by atoms with E-state index >= 15 is 0 Å². The number of aromatic amines is 1. The van der Waals surface area contributed by atoms with Crippen LogP contribution in [-0.4, -0.2) is 34.1 Å². The zero-order valence-corrected chi connectivity index (χ0v) is 16.5. The van der Waals surface area contributed by atoms with Crippen LogP contribution in [0.15, 0.2) is 39.7 Å². The molecule has 4 N–H and O–H groups in total. The van der Waals surface area contributed by atoms with Gasteiger partial charge in [0.15, 0.2) is 0 Å². The van der Waals surface area contributed by atoms with E-state index in [0.29, 0.717) is 29.0 Å². The van der Waals surface area contributed by atoms with Gasteiger partial charge in [-0.1, -0.05) is 6.07 Å². The Labute approximate surface area is 171 Å². The number of benzene rings is 1. The van der Waals surface area contributed by atoms with Gasteiger partial charge in [-0.3, -0.25) is 4.79 Å². The number of H-pyrrole nitrogens is 1. The van der Waals surface area contributed by atoms with E-state index in [1.165, 1.54) is 18.3 Å².